The molecule has 6 heteroatoms. The Hall–Kier alpha value is -3.15. The zero-order valence-corrected chi connectivity index (χ0v) is 18.3. The molecular formula is C26H29N3O3. The van der Waals surface area contributed by atoms with Crippen molar-refractivity contribution in [2.24, 2.45) is 5.92 Å². The summed E-state index contributed by atoms with van der Waals surface area (Å²) in [5, 5.41) is 0. The molecule has 3 aromatic rings. The van der Waals surface area contributed by atoms with Crippen molar-refractivity contribution < 1.29 is 14.0 Å². The van der Waals surface area contributed by atoms with E-state index in [1.807, 2.05) is 52.3 Å². The van der Waals surface area contributed by atoms with E-state index in [9.17, 15) is 9.59 Å². The van der Waals surface area contributed by atoms with Crippen LogP contribution in [0.1, 0.15) is 48.9 Å². The number of carbonyl (C=O) groups is 2. The van der Waals surface area contributed by atoms with Crippen molar-refractivity contribution in [1.82, 2.24) is 14.8 Å². The van der Waals surface area contributed by atoms with Crippen LogP contribution in [0.25, 0.3) is 22.6 Å². The van der Waals surface area contributed by atoms with Gasteiger partial charge in [0.15, 0.2) is 5.58 Å². The molecule has 0 spiro atoms. The van der Waals surface area contributed by atoms with Crippen LogP contribution in [0, 0.1) is 5.92 Å². The molecule has 1 aromatic heterocycles. The molecule has 6 nitrogen and oxygen atoms in total. The Labute approximate surface area is 188 Å². The van der Waals surface area contributed by atoms with Crippen LogP contribution in [0.4, 0.5) is 0 Å². The summed E-state index contributed by atoms with van der Waals surface area (Å²) in [4.78, 5) is 34.1. The highest BCUT2D eigenvalue weighted by Gasteiger charge is 2.27. The van der Waals surface area contributed by atoms with Crippen molar-refractivity contribution in [3.05, 3.63) is 54.1 Å². The summed E-state index contributed by atoms with van der Waals surface area (Å²) >= 11 is 0. The van der Waals surface area contributed by atoms with Gasteiger partial charge in [0.2, 0.25) is 11.8 Å². The predicted molar refractivity (Wildman–Crippen MR) is 123 cm³/mol. The number of amides is 2. The lowest BCUT2D eigenvalue weighted by atomic mass is 9.92. The summed E-state index contributed by atoms with van der Waals surface area (Å²) in [5.74, 6) is 1.24. The van der Waals surface area contributed by atoms with Gasteiger partial charge in [-0.05, 0) is 68.4 Å². The van der Waals surface area contributed by atoms with Crippen molar-refractivity contribution in [3.8, 4) is 11.5 Å². The van der Waals surface area contributed by atoms with Crippen LogP contribution in [0.15, 0.2) is 52.9 Å². The van der Waals surface area contributed by atoms with E-state index in [0.29, 0.717) is 48.4 Å². The highest BCUT2D eigenvalue weighted by atomic mass is 16.3. The minimum atomic E-state index is 0.0189. The molecule has 2 aliphatic heterocycles. The van der Waals surface area contributed by atoms with Crippen LogP contribution < -0.4 is 0 Å². The maximum atomic E-state index is 13.1. The lowest BCUT2D eigenvalue weighted by molar-refractivity contribution is -0.133. The fourth-order valence-corrected chi connectivity index (χ4v) is 4.80. The summed E-state index contributed by atoms with van der Waals surface area (Å²) in [7, 11) is 0. The second-order valence-electron chi connectivity index (χ2n) is 8.95. The van der Waals surface area contributed by atoms with E-state index < -0.39 is 0 Å². The van der Waals surface area contributed by atoms with E-state index in [0.717, 1.165) is 49.9 Å². The first kappa shape index (κ1) is 20.7. The van der Waals surface area contributed by atoms with Gasteiger partial charge in [-0.3, -0.25) is 9.59 Å². The molecule has 2 fully saturated rings. The van der Waals surface area contributed by atoms with E-state index in [-0.39, 0.29) is 5.91 Å². The summed E-state index contributed by atoms with van der Waals surface area (Å²) < 4.78 is 5.93. The number of hydrogen-bond acceptors (Lipinski definition) is 4. The molecular weight excluding hydrogens is 402 g/mol. The minimum absolute atomic E-state index is 0.0189. The number of oxazole rings is 1. The third kappa shape index (κ3) is 4.40. The van der Waals surface area contributed by atoms with Gasteiger partial charge >= 0.3 is 0 Å². The van der Waals surface area contributed by atoms with Crippen molar-refractivity contribution in [2.45, 2.75) is 38.5 Å². The summed E-state index contributed by atoms with van der Waals surface area (Å²) in [6.07, 6.45) is 5.87. The highest BCUT2D eigenvalue weighted by Crippen LogP contribution is 2.27. The summed E-state index contributed by atoms with van der Waals surface area (Å²) in [6, 6.07) is 15.2. The maximum absolute atomic E-state index is 13.1. The van der Waals surface area contributed by atoms with E-state index in [4.69, 9.17) is 4.42 Å². The summed E-state index contributed by atoms with van der Waals surface area (Å²) in [6.45, 7) is 3.21. The van der Waals surface area contributed by atoms with Gasteiger partial charge < -0.3 is 14.2 Å². The Morgan fingerprint density at radius 1 is 0.906 bits per heavy atom. The normalized spacial score (nSPS) is 17.6. The third-order valence-corrected chi connectivity index (χ3v) is 6.73. The fraction of sp³-hybridized carbons (Fsp3) is 0.423. The number of piperidine rings is 2. The van der Waals surface area contributed by atoms with E-state index in [2.05, 4.69) is 4.98 Å². The predicted octanol–water partition coefficient (Wildman–Crippen LogP) is 4.75. The third-order valence-electron chi connectivity index (χ3n) is 6.73. The van der Waals surface area contributed by atoms with E-state index in [1.165, 1.54) is 6.42 Å². The van der Waals surface area contributed by atoms with Crippen LogP contribution in [-0.4, -0.2) is 52.8 Å². The number of carbonyl (C=O) groups excluding carboxylic acids is 2. The first-order valence-electron chi connectivity index (χ1n) is 11.7. The van der Waals surface area contributed by atoms with Gasteiger partial charge in [0, 0.05) is 43.7 Å². The molecule has 2 amide bonds. The topological polar surface area (TPSA) is 66.7 Å². The Kier molecular flexibility index (Phi) is 5.93. The number of fused-ring (bicyclic) bond motifs is 1. The van der Waals surface area contributed by atoms with Gasteiger partial charge in [-0.25, -0.2) is 4.98 Å². The average molecular weight is 432 g/mol. The zero-order valence-electron chi connectivity index (χ0n) is 18.3. The van der Waals surface area contributed by atoms with Crippen molar-refractivity contribution in [2.75, 3.05) is 26.2 Å². The number of hydrogen-bond donors (Lipinski definition) is 0. The molecule has 0 N–H and O–H groups in total. The van der Waals surface area contributed by atoms with Crippen molar-refractivity contribution >= 4 is 22.9 Å². The van der Waals surface area contributed by atoms with Crippen LogP contribution in [0.3, 0.4) is 0 Å². The molecule has 0 radical (unpaired) electrons. The van der Waals surface area contributed by atoms with Crippen LogP contribution in [0.2, 0.25) is 0 Å². The molecule has 2 aromatic carbocycles. The van der Waals surface area contributed by atoms with Gasteiger partial charge in [-0.1, -0.05) is 18.2 Å². The molecule has 166 valence electrons. The standard InChI is InChI=1S/C26H29N3O3/c30-24(28-13-5-2-6-14-28)17-19-11-15-29(16-12-19)26(31)21-9-10-22-23(18-21)32-25(27-22)20-7-3-1-4-8-20/h1,3-4,7-10,18-19H,2,5-6,11-17H2. The summed E-state index contributed by atoms with van der Waals surface area (Å²) in [5.41, 5.74) is 2.90. The monoisotopic (exact) mass is 431 g/mol. The van der Waals surface area contributed by atoms with E-state index >= 15 is 0 Å². The Bertz CT molecular complexity index is 1090. The van der Waals surface area contributed by atoms with Crippen LogP contribution in [0.5, 0.6) is 0 Å². The van der Waals surface area contributed by atoms with Gasteiger partial charge in [0.1, 0.15) is 5.52 Å². The molecule has 2 saturated heterocycles. The van der Waals surface area contributed by atoms with Crippen LogP contribution in [-0.2, 0) is 4.79 Å². The smallest absolute Gasteiger partial charge is 0.253 e. The van der Waals surface area contributed by atoms with Gasteiger partial charge in [-0.15, -0.1) is 0 Å². The molecule has 2 aliphatic rings. The molecule has 0 bridgehead atoms. The average Bonchev–Trinajstić information content (AvgIpc) is 3.29. The molecule has 3 heterocycles. The largest absolute Gasteiger partial charge is 0.436 e. The number of likely N-dealkylation sites (tertiary alicyclic amines) is 2. The lowest BCUT2D eigenvalue weighted by Crippen LogP contribution is -2.41. The second-order valence-corrected chi connectivity index (χ2v) is 8.95. The number of rotatable bonds is 4. The van der Waals surface area contributed by atoms with Crippen LogP contribution >= 0.6 is 0 Å². The Morgan fingerprint density at radius 3 is 2.41 bits per heavy atom. The van der Waals surface area contributed by atoms with Crippen molar-refractivity contribution in [1.29, 1.82) is 0 Å². The second kappa shape index (κ2) is 9.15. The fourth-order valence-electron chi connectivity index (χ4n) is 4.80. The molecule has 32 heavy (non-hydrogen) atoms. The highest BCUT2D eigenvalue weighted by molar-refractivity contribution is 5.97. The molecule has 5 rings (SSSR count). The lowest BCUT2D eigenvalue weighted by Gasteiger charge is -2.33. The van der Waals surface area contributed by atoms with Gasteiger partial charge in [0.05, 0.1) is 0 Å². The van der Waals surface area contributed by atoms with Gasteiger partial charge in [0.25, 0.3) is 5.91 Å². The number of benzene rings is 2. The minimum Gasteiger partial charge on any atom is -0.436 e. The number of aromatic nitrogens is 1. The molecule has 0 atom stereocenters. The maximum Gasteiger partial charge on any atom is 0.253 e. The first-order chi connectivity index (χ1) is 15.7. The molecule has 0 saturated carbocycles. The molecule has 0 unspecified atom stereocenters. The SMILES string of the molecule is O=C(CC1CCN(C(=O)c2ccc3nc(-c4ccccc4)oc3c2)CC1)N1CCCCC1. The van der Waals surface area contributed by atoms with E-state index in [1.54, 1.807) is 6.07 Å². The Morgan fingerprint density at radius 2 is 1.66 bits per heavy atom. The zero-order chi connectivity index (χ0) is 21.9. The van der Waals surface area contributed by atoms with Gasteiger partial charge in [-0.2, -0.15) is 0 Å². The van der Waals surface area contributed by atoms with Crippen molar-refractivity contribution in [3.63, 3.8) is 0 Å². The number of nitrogens with zero attached hydrogens (tertiary/aromatic N) is 3. The first-order valence-corrected chi connectivity index (χ1v) is 11.7. The quantitative estimate of drug-likeness (QED) is 0.598. The Balaban J connectivity index is 1.21. The molecule has 0 aliphatic carbocycles.